The zero-order chi connectivity index (χ0) is 20.2. The molecule has 0 spiro atoms. The van der Waals surface area contributed by atoms with Crippen molar-refractivity contribution >= 4 is 21.8 Å². The van der Waals surface area contributed by atoms with Crippen LogP contribution in [-0.4, -0.2) is 15.7 Å². The number of carbonyl (C=O) groups excluding carboxylic acids is 1. The van der Waals surface area contributed by atoms with Gasteiger partial charge in [0, 0.05) is 18.9 Å². The van der Waals surface area contributed by atoms with E-state index >= 15 is 0 Å². The van der Waals surface area contributed by atoms with Crippen molar-refractivity contribution in [1.29, 1.82) is 0 Å². The lowest BCUT2D eigenvalue weighted by Gasteiger charge is -2.19. The van der Waals surface area contributed by atoms with Gasteiger partial charge in [0.05, 0.1) is 17.3 Å². The minimum Gasteiger partial charge on any atom is -0.376 e. The van der Waals surface area contributed by atoms with Crippen LogP contribution in [0.4, 0.5) is 0 Å². The van der Waals surface area contributed by atoms with E-state index in [1.807, 2.05) is 73.9 Å². The Labute approximate surface area is 161 Å². The average Bonchev–Trinajstić information content (AvgIpc) is 3.01. The number of carbonyl (C=O) groups is 1. The molecule has 0 saturated carbocycles. The maximum atomic E-state index is 11.4. The van der Waals surface area contributed by atoms with Gasteiger partial charge in [-0.05, 0) is 43.0 Å². The second-order valence-electron chi connectivity index (χ2n) is 4.91. The lowest BCUT2D eigenvalue weighted by atomic mass is 10.1. The van der Waals surface area contributed by atoms with Gasteiger partial charge in [-0.1, -0.05) is 50.2 Å². The van der Waals surface area contributed by atoms with Gasteiger partial charge in [0.2, 0.25) is 5.91 Å². The maximum Gasteiger partial charge on any atom is 0.250 e. The number of hydrogen-bond acceptors (Lipinski definition) is 3. The van der Waals surface area contributed by atoms with Crippen molar-refractivity contribution in [2.24, 2.45) is 12.8 Å². The third-order valence-corrected chi connectivity index (χ3v) is 3.18. The summed E-state index contributed by atoms with van der Waals surface area (Å²) in [5, 5.41) is 7.62. The zero-order valence-corrected chi connectivity index (χ0v) is 18.4. The number of nitrogens with one attached hydrogen (secondary N) is 1. The molecule has 0 saturated heterocycles. The second-order valence-corrected chi connectivity index (χ2v) is 6.16. The van der Waals surface area contributed by atoms with Gasteiger partial charge in [0.15, 0.2) is 0 Å². The summed E-state index contributed by atoms with van der Waals surface area (Å²) in [5.41, 5.74) is 7.98. The van der Waals surface area contributed by atoms with Crippen LogP contribution in [0.1, 0.15) is 60.2 Å². The van der Waals surface area contributed by atoms with E-state index in [2.05, 4.69) is 32.9 Å². The average molecular weight is 413 g/mol. The molecule has 0 radical (unpaired) electrons. The Morgan fingerprint density at radius 3 is 2.24 bits per heavy atom. The SMILES string of the molecule is C=C(C(N)=O)/C(NC(C)c1ccn(C)n1)=C(C)/C=C(\C)Br.CC.CC. The summed E-state index contributed by atoms with van der Waals surface area (Å²) < 4.78 is 2.68. The molecule has 1 amide bonds. The first-order valence-corrected chi connectivity index (χ1v) is 9.31. The second kappa shape index (κ2) is 13.5. The van der Waals surface area contributed by atoms with Crippen molar-refractivity contribution in [2.45, 2.75) is 54.5 Å². The fourth-order valence-electron chi connectivity index (χ4n) is 1.89. The van der Waals surface area contributed by atoms with Gasteiger partial charge in [-0.15, -0.1) is 0 Å². The van der Waals surface area contributed by atoms with Crippen molar-refractivity contribution < 1.29 is 4.79 Å². The molecular weight excluding hydrogens is 380 g/mol. The highest BCUT2D eigenvalue weighted by atomic mass is 79.9. The standard InChI is InChI=1S/C15H21BrN4O.2C2H6/c1-9(8-10(2)16)14(11(3)15(17)21)18-12(4)13-6-7-20(5)19-13;2*1-2/h6-8,12,18H,3H2,1-2,4-5H3,(H2,17,21);2*1-2H3/b10-8+,14-9-;;. The van der Waals surface area contributed by atoms with Crippen LogP contribution in [0.15, 0.2) is 46.2 Å². The molecule has 0 bridgehead atoms. The number of aryl methyl sites for hydroxylation is 1. The molecule has 1 aromatic rings. The predicted molar refractivity (Wildman–Crippen MR) is 111 cm³/mol. The lowest BCUT2D eigenvalue weighted by Crippen LogP contribution is -2.26. The third kappa shape index (κ3) is 9.29. The van der Waals surface area contributed by atoms with Gasteiger partial charge < -0.3 is 11.1 Å². The Kier molecular flexibility index (Phi) is 13.7. The monoisotopic (exact) mass is 412 g/mol. The number of nitrogens with zero attached hydrogens (tertiary/aromatic N) is 2. The summed E-state index contributed by atoms with van der Waals surface area (Å²) in [6.45, 7) is 17.5. The molecule has 0 fully saturated rings. The molecule has 142 valence electrons. The fraction of sp³-hybridized carbons (Fsp3) is 0.474. The van der Waals surface area contributed by atoms with Crippen LogP contribution < -0.4 is 11.1 Å². The molecule has 0 aromatic carbocycles. The molecule has 1 atom stereocenters. The van der Waals surface area contributed by atoms with Crippen LogP contribution in [0.25, 0.3) is 0 Å². The van der Waals surface area contributed by atoms with Gasteiger partial charge in [0.25, 0.3) is 0 Å². The fourth-order valence-corrected chi connectivity index (χ4v) is 2.23. The summed E-state index contributed by atoms with van der Waals surface area (Å²) in [6, 6.07) is 1.85. The summed E-state index contributed by atoms with van der Waals surface area (Å²) in [4.78, 5) is 11.4. The van der Waals surface area contributed by atoms with Crippen LogP contribution in [-0.2, 0) is 11.8 Å². The first-order valence-electron chi connectivity index (χ1n) is 8.52. The lowest BCUT2D eigenvalue weighted by molar-refractivity contribution is -0.114. The summed E-state index contributed by atoms with van der Waals surface area (Å²) in [7, 11) is 1.86. The zero-order valence-electron chi connectivity index (χ0n) is 16.8. The van der Waals surface area contributed by atoms with Crippen molar-refractivity contribution in [3.63, 3.8) is 0 Å². The van der Waals surface area contributed by atoms with E-state index in [0.29, 0.717) is 5.70 Å². The number of rotatable bonds is 6. The summed E-state index contributed by atoms with van der Waals surface area (Å²) >= 11 is 3.38. The van der Waals surface area contributed by atoms with Crippen LogP contribution in [0.2, 0.25) is 0 Å². The Balaban J connectivity index is 0. The van der Waals surface area contributed by atoms with E-state index in [1.165, 1.54) is 0 Å². The van der Waals surface area contributed by atoms with Gasteiger partial charge in [-0.2, -0.15) is 5.10 Å². The molecule has 1 rings (SSSR count). The van der Waals surface area contributed by atoms with Crippen molar-refractivity contribution in [3.8, 4) is 0 Å². The Morgan fingerprint density at radius 2 is 1.88 bits per heavy atom. The highest BCUT2D eigenvalue weighted by Gasteiger charge is 2.16. The molecule has 1 unspecified atom stereocenters. The number of aromatic nitrogens is 2. The number of halogens is 1. The molecule has 6 heteroatoms. The Hall–Kier alpha value is -1.82. The molecule has 0 aliphatic heterocycles. The number of nitrogens with two attached hydrogens (primary N) is 1. The van der Waals surface area contributed by atoms with Crippen molar-refractivity contribution in [1.82, 2.24) is 15.1 Å². The van der Waals surface area contributed by atoms with E-state index < -0.39 is 5.91 Å². The molecule has 0 aliphatic carbocycles. The molecule has 1 heterocycles. The highest BCUT2D eigenvalue weighted by molar-refractivity contribution is 9.11. The molecular formula is C19H33BrN4O. The minimum absolute atomic E-state index is 0.0729. The van der Waals surface area contributed by atoms with Crippen molar-refractivity contribution in [2.75, 3.05) is 0 Å². The Morgan fingerprint density at radius 1 is 1.36 bits per heavy atom. The van der Waals surface area contributed by atoms with E-state index in [4.69, 9.17) is 5.73 Å². The Bertz CT molecular complexity index is 611. The molecule has 3 N–H and O–H groups in total. The van der Waals surface area contributed by atoms with E-state index in [0.717, 1.165) is 15.7 Å². The van der Waals surface area contributed by atoms with Crippen LogP contribution >= 0.6 is 15.9 Å². The summed E-state index contributed by atoms with van der Waals surface area (Å²) in [6.07, 6.45) is 3.77. The van der Waals surface area contributed by atoms with Crippen LogP contribution in [0.5, 0.6) is 0 Å². The van der Waals surface area contributed by atoms with E-state index in [1.54, 1.807) is 4.68 Å². The van der Waals surface area contributed by atoms with Crippen LogP contribution in [0.3, 0.4) is 0 Å². The van der Waals surface area contributed by atoms with Gasteiger partial charge in [-0.25, -0.2) is 0 Å². The quantitative estimate of drug-likeness (QED) is 0.523. The minimum atomic E-state index is -0.550. The first-order chi connectivity index (χ1) is 11.7. The van der Waals surface area contributed by atoms with E-state index in [9.17, 15) is 4.79 Å². The molecule has 25 heavy (non-hydrogen) atoms. The number of amides is 1. The normalized spacial score (nSPS) is 12.6. The predicted octanol–water partition coefficient (Wildman–Crippen LogP) is 4.74. The van der Waals surface area contributed by atoms with Gasteiger partial charge in [-0.3, -0.25) is 9.48 Å². The van der Waals surface area contributed by atoms with Crippen LogP contribution in [0, 0.1) is 0 Å². The number of hydrogen-bond donors (Lipinski definition) is 2. The maximum absolute atomic E-state index is 11.4. The largest absolute Gasteiger partial charge is 0.376 e. The topological polar surface area (TPSA) is 72.9 Å². The summed E-state index contributed by atoms with van der Waals surface area (Å²) in [5.74, 6) is -0.550. The first kappa shape index (κ1) is 25.4. The number of allylic oxidation sites excluding steroid dienone is 3. The smallest absolute Gasteiger partial charge is 0.250 e. The van der Waals surface area contributed by atoms with Gasteiger partial charge in [0.1, 0.15) is 0 Å². The molecule has 0 aliphatic rings. The van der Waals surface area contributed by atoms with Crippen molar-refractivity contribution in [3.05, 3.63) is 51.9 Å². The van der Waals surface area contributed by atoms with E-state index in [-0.39, 0.29) is 11.6 Å². The number of primary amides is 1. The molecule has 1 aromatic heterocycles. The third-order valence-electron chi connectivity index (χ3n) is 2.95. The highest BCUT2D eigenvalue weighted by Crippen LogP contribution is 2.19. The van der Waals surface area contributed by atoms with Gasteiger partial charge >= 0.3 is 0 Å². The molecule has 5 nitrogen and oxygen atoms in total.